The molecule has 0 aromatic heterocycles. The molecule has 1 saturated heterocycles. The van der Waals surface area contributed by atoms with E-state index in [0.29, 0.717) is 11.6 Å². The monoisotopic (exact) mass is 350 g/mol. The summed E-state index contributed by atoms with van der Waals surface area (Å²) in [4.78, 5) is 2.34. The van der Waals surface area contributed by atoms with Gasteiger partial charge in [0.15, 0.2) is 0 Å². The van der Waals surface area contributed by atoms with E-state index in [2.05, 4.69) is 17.1 Å². The third-order valence-corrected chi connectivity index (χ3v) is 4.43. The summed E-state index contributed by atoms with van der Waals surface area (Å²) in [6, 6.07) is 4.62. The Kier molecular flexibility index (Phi) is 8.08. The average molecular weight is 351 g/mol. The molecule has 3 nitrogen and oxygen atoms in total. The largest absolute Gasteiger partial charge is 0.383 e. The van der Waals surface area contributed by atoms with Crippen LogP contribution in [0.15, 0.2) is 18.2 Å². The molecule has 0 radical (unpaired) electrons. The number of nitrogens with zero attached hydrogens (tertiary/aromatic N) is 1. The fourth-order valence-electron chi connectivity index (χ4n) is 2.87. The highest BCUT2D eigenvalue weighted by molar-refractivity contribution is 6.31. The van der Waals surface area contributed by atoms with Crippen molar-refractivity contribution in [3.63, 3.8) is 0 Å². The van der Waals surface area contributed by atoms with Gasteiger partial charge in [-0.1, -0.05) is 24.6 Å². The van der Waals surface area contributed by atoms with Gasteiger partial charge < -0.3 is 10.1 Å². The second kappa shape index (κ2) is 9.04. The second-order valence-electron chi connectivity index (χ2n) is 6.18. The molecule has 0 spiro atoms. The van der Waals surface area contributed by atoms with Crippen LogP contribution in [0.2, 0.25) is 5.02 Å². The lowest BCUT2D eigenvalue weighted by molar-refractivity contribution is 0.113. The van der Waals surface area contributed by atoms with E-state index in [1.54, 1.807) is 13.2 Å². The maximum absolute atomic E-state index is 13.1. The Hall–Kier alpha value is -0.390. The molecule has 1 fully saturated rings. The van der Waals surface area contributed by atoms with Crippen LogP contribution in [0, 0.1) is 11.2 Å². The highest BCUT2D eigenvalue weighted by Crippen LogP contribution is 2.27. The van der Waals surface area contributed by atoms with Gasteiger partial charge in [0, 0.05) is 38.3 Å². The molecular formula is C16H25Cl2FN2O. The molecule has 1 aliphatic heterocycles. The van der Waals surface area contributed by atoms with Gasteiger partial charge in [0.1, 0.15) is 5.82 Å². The van der Waals surface area contributed by atoms with Gasteiger partial charge >= 0.3 is 0 Å². The number of nitrogens with one attached hydrogen (secondary N) is 1. The Morgan fingerprint density at radius 3 is 2.82 bits per heavy atom. The van der Waals surface area contributed by atoms with Crippen molar-refractivity contribution in [2.75, 3.05) is 39.9 Å². The van der Waals surface area contributed by atoms with Crippen molar-refractivity contribution in [3.8, 4) is 0 Å². The van der Waals surface area contributed by atoms with Gasteiger partial charge in [0.05, 0.1) is 6.61 Å². The van der Waals surface area contributed by atoms with E-state index in [9.17, 15) is 4.39 Å². The molecule has 1 unspecified atom stereocenters. The van der Waals surface area contributed by atoms with Crippen LogP contribution in [0.5, 0.6) is 0 Å². The number of benzene rings is 1. The maximum Gasteiger partial charge on any atom is 0.124 e. The first-order valence-corrected chi connectivity index (χ1v) is 7.76. The molecule has 6 heteroatoms. The molecule has 0 bridgehead atoms. The average Bonchev–Trinajstić information content (AvgIpc) is 2.85. The Morgan fingerprint density at radius 2 is 2.23 bits per heavy atom. The molecule has 1 aromatic carbocycles. The zero-order valence-electron chi connectivity index (χ0n) is 13.2. The molecule has 126 valence electrons. The van der Waals surface area contributed by atoms with Gasteiger partial charge in [-0.2, -0.15) is 0 Å². The van der Waals surface area contributed by atoms with Gasteiger partial charge in [-0.15, -0.1) is 12.4 Å². The van der Waals surface area contributed by atoms with Gasteiger partial charge in [-0.05, 0) is 36.1 Å². The number of methoxy groups -OCH3 is 1. The first kappa shape index (κ1) is 19.7. The van der Waals surface area contributed by atoms with Crippen molar-refractivity contribution in [2.45, 2.75) is 19.9 Å². The molecule has 22 heavy (non-hydrogen) atoms. The van der Waals surface area contributed by atoms with Crippen LogP contribution in [0.25, 0.3) is 0 Å². The maximum atomic E-state index is 13.1. The second-order valence-corrected chi connectivity index (χ2v) is 6.58. The zero-order chi connectivity index (χ0) is 15.3. The Bertz CT molecular complexity index is 467. The van der Waals surface area contributed by atoms with E-state index < -0.39 is 0 Å². The Balaban J connectivity index is 0.00000242. The minimum absolute atomic E-state index is 0. The summed E-state index contributed by atoms with van der Waals surface area (Å²) < 4.78 is 18.4. The Labute approximate surface area is 143 Å². The quantitative estimate of drug-likeness (QED) is 0.815. The van der Waals surface area contributed by atoms with Crippen molar-refractivity contribution in [2.24, 2.45) is 5.41 Å². The van der Waals surface area contributed by atoms with Crippen molar-refractivity contribution in [1.29, 1.82) is 0 Å². The van der Waals surface area contributed by atoms with Gasteiger partial charge in [-0.3, -0.25) is 4.90 Å². The molecule has 2 rings (SSSR count). The normalized spacial score (nSPS) is 21.1. The number of hydrogen-bond acceptors (Lipinski definition) is 3. The summed E-state index contributed by atoms with van der Waals surface area (Å²) in [5, 5.41) is 3.92. The SMILES string of the molecule is COCCN(Cc1ccc(F)cc1Cl)CC1(C)CCNC1.Cl. The fraction of sp³-hybridized carbons (Fsp3) is 0.625. The topological polar surface area (TPSA) is 24.5 Å². The van der Waals surface area contributed by atoms with Crippen LogP contribution < -0.4 is 5.32 Å². The predicted molar refractivity (Wildman–Crippen MR) is 91.4 cm³/mol. The van der Waals surface area contributed by atoms with E-state index in [1.807, 2.05) is 0 Å². The van der Waals surface area contributed by atoms with Crippen LogP contribution in [-0.4, -0.2) is 44.8 Å². The number of halogens is 3. The van der Waals surface area contributed by atoms with E-state index >= 15 is 0 Å². The molecule has 1 aromatic rings. The van der Waals surface area contributed by atoms with Crippen LogP contribution in [0.3, 0.4) is 0 Å². The molecule has 1 heterocycles. The van der Waals surface area contributed by atoms with Crippen LogP contribution in [0.4, 0.5) is 4.39 Å². The minimum Gasteiger partial charge on any atom is -0.383 e. The van der Waals surface area contributed by atoms with Crippen LogP contribution in [-0.2, 0) is 11.3 Å². The molecular weight excluding hydrogens is 326 g/mol. The third kappa shape index (κ3) is 5.67. The number of rotatable bonds is 7. The zero-order valence-corrected chi connectivity index (χ0v) is 14.8. The van der Waals surface area contributed by atoms with Crippen LogP contribution in [0.1, 0.15) is 18.9 Å². The Morgan fingerprint density at radius 1 is 1.45 bits per heavy atom. The van der Waals surface area contributed by atoms with E-state index in [4.69, 9.17) is 16.3 Å². The van der Waals surface area contributed by atoms with Gasteiger partial charge in [0.2, 0.25) is 0 Å². The lowest BCUT2D eigenvalue weighted by Gasteiger charge is -2.32. The van der Waals surface area contributed by atoms with Crippen molar-refractivity contribution in [3.05, 3.63) is 34.6 Å². The fourth-order valence-corrected chi connectivity index (χ4v) is 3.10. The van der Waals surface area contributed by atoms with Crippen molar-refractivity contribution < 1.29 is 9.13 Å². The molecule has 0 saturated carbocycles. The molecule has 0 aliphatic carbocycles. The summed E-state index contributed by atoms with van der Waals surface area (Å²) in [5.41, 5.74) is 1.24. The third-order valence-electron chi connectivity index (χ3n) is 4.08. The van der Waals surface area contributed by atoms with Gasteiger partial charge in [-0.25, -0.2) is 4.39 Å². The van der Waals surface area contributed by atoms with Crippen LogP contribution >= 0.6 is 24.0 Å². The molecule has 1 N–H and O–H groups in total. The minimum atomic E-state index is -0.292. The van der Waals surface area contributed by atoms with Crippen molar-refractivity contribution in [1.82, 2.24) is 10.2 Å². The molecule has 1 aliphatic rings. The highest BCUT2D eigenvalue weighted by atomic mass is 35.5. The van der Waals surface area contributed by atoms with E-state index in [-0.39, 0.29) is 23.6 Å². The van der Waals surface area contributed by atoms with Gasteiger partial charge in [0.25, 0.3) is 0 Å². The summed E-state index contributed by atoms with van der Waals surface area (Å²) in [7, 11) is 1.71. The summed E-state index contributed by atoms with van der Waals surface area (Å²) >= 11 is 6.15. The number of ether oxygens (including phenoxy) is 1. The first-order valence-electron chi connectivity index (χ1n) is 7.38. The smallest absolute Gasteiger partial charge is 0.124 e. The lowest BCUT2D eigenvalue weighted by atomic mass is 9.89. The highest BCUT2D eigenvalue weighted by Gasteiger charge is 2.30. The number of hydrogen-bond donors (Lipinski definition) is 1. The summed E-state index contributed by atoms with van der Waals surface area (Å²) in [6.45, 7) is 7.65. The standard InChI is InChI=1S/C16H24ClFN2O.ClH/c1-16(5-6-19-11-16)12-20(7-8-21-2)10-13-3-4-14(18)9-15(13)17;/h3-4,9,19H,5-8,10-12H2,1-2H3;1H. The summed E-state index contributed by atoms with van der Waals surface area (Å²) in [6.07, 6.45) is 1.17. The predicted octanol–water partition coefficient (Wildman–Crippen LogP) is 3.35. The lowest BCUT2D eigenvalue weighted by Crippen LogP contribution is -2.38. The summed E-state index contributed by atoms with van der Waals surface area (Å²) in [5.74, 6) is -0.292. The first-order chi connectivity index (χ1) is 10.0. The molecule has 0 amide bonds. The van der Waals surface area contributed by atoms with Crippen molar-refractivity contribution >= 4 is 24.0 Å². The van der Waals surface area contributed by atoms with E-state index in [1.165, 1.54) is 18.6 Å². The molecule has 1 atom stereocenters. The van der Waals surface area contributed by atoms with E-state index in [0.717, 1.165) is 38.3 Å².